The average molecular weight is 1420 g/mol. The van der Waals surface area contributed by atoms with Crippen LogP contribution in [0.25, 0.3) is 0 Å². The quantitative estimate of drug-likeness (QED) is 0.0611. The minimum absolute atomic E-state index is 0.00845. The van der Waals surface area contributed by atoms with Crippen molar-refractivity contribution in [2.75, 3.05) is 70.6 Å². The molecule has 21 nitrogen and oxygen atoms in total. The monoisotopic (exact) mass is 1420 g/mol. The van der Waals surface area contributed by atoms with Crippen molar-refractivity contribution in [2.45, 2.75) is 43.9 Å². The number of ether oxygens (including phenoxy) is 1. The smallest absolute Gasteiger partial charge is 0.256 e. The van der Waals surface area contributed by atoms with E-state index in [-0.39, 0.29) is 89.8 Å². The standard InChI is InChI=1S/C35H43I5N6O15/c1-13(51)46-8-18(61-31-24(35(60)45-6-17(55)12-50)28(39)23(29(40)30(31)46)34(59)44-5-16(54)11-49)7-41-20(56)2-19-25(36)21(32(57)42-3-14(52)9-47)27(38)22(26(19)37)33(58)43-4-15(53)10-48/h14-18,47-50,52-55H,2-12H2,1H3,(H,41,56)(H,42,57)(H,43,58)(H,44,59)(H,45,60). The van der Waals surface area contributed by atoms with Gasteiger partial charge in [0, 0.05) is 47.4 Å². The zero-order valence-electron chi connectivity index (χ0n) is 31.9. The molecule has 1 aliphatic heterocycles. The Hall–Kier alpha value is -1.61. The first kappa shape index (κ1) is 53.7. The molecule has 1 heterocycles. The number of carbonyl (C=O) groups is 6. The molecule has 5 atom stereocenters. The van der Waals surface area contributed by atoms with Gasteiger partial charge in [-0.3, -0.25) is 28.8 Å². The van der Waals surface area contributed by atoms with Crippen molar-refractivity contribution >= 4 is 154 Å². The summed E-state index contributed by atoms with van der Waals surface area (Å²) in [4.78, 5) is 82.3. The highest BCUT2D eigenvalue weighted by Gasteiger charge is 2.39. The largest absolute Gasteiger partial charge is 0.484 e. The van der Waals surface area contributed by atoms with E-state index < -0.39 is 105 Å². The zero-order chi connectivity index (χ0) is 45.9. The fraction of sp³-hybridized carbons (Fsp3) is 0.486. The molecule has 13 N–H and O–H groups in total. The van der Waals surface area contributed by atoms with E-state index in [2.05, 4.69) is 26.6 Å². The highest BCUT2D eigenvalue weighted by molar-refractivity contribution is 14.1. The first-order valence-electron chi connectivity index (χ1n) is 18.0. The highest BCUT2D eigenvalue weighted by Crippen LogP contribution is 2.45. The molecule has 3 rings (SSSR count). The number of hydrogen-bond donors (Lipinski definition) is 13. The molecule has 61 heavy (non-hydrogen) atoms. The van der Waals surface area contributed by atoms with Crippen LogP contribution in [0.4, 0.5) is 5.69 Å². The maximum atomic E-state index is 13.8. The minimum atomic E-state index is -1.34. The van der Waals surface area contributed by atoms with E-state index in [9.17, 15) is 69.6 Å². The molecule has 0 fully saturated rings. The Kier molecular flexibility index (Phi) is 22.2. The van der Waals surface area contributed by atoms with Crippen LogP contribution < -0.4 is 36.2 Å². The number of rotatable bonds is 20. The molecule has 5 unspecified atom stereocenters. The van der Waals surface area contributed by atoms with Crippen LogP contribution in [0.15, 0.2) is 0 Å². The number of benzene rings is 2. The number of amides is 6. The summed E-state index contributed by atoms with van der Waals surface area (Å²) in [6, 6.07) is 0. The van der Waals surface area contributed by atoms with Gasteiger partial charge in [-0.1, -0.05) is 0 Å². The summed E-state index contributed by atoms with van der Waals surface area (Å²) in [7, 11) is 0. The fourth-order valence-corrected chi connectivity index (χ4v) is 12.6. The molecule has 0 saturated carbocycles. The lowest BCUT2D eigenvalue weighted by Gasteiger charge is -2.37. The molecular formula is C35H43I5N6O15. The van der Waals surface area contributed by atoms with Crippen LogP contribution in [-0.4, -0.2) is 173 Å². The van der Waals surface area contributed by atoms with Gasteiger partial charge in [0.25, 0.3) is 23.6 Å². The molecular weight excluding hydrogens is 1380 g/mol. The molecule has 0 aromatic heterocycles. The SMILES string of the molecule is CC(=O)N1CC(CNC(=O)Cc2c(I)c(C(=O)NCC(O)CO)c(I)c(C(=O)NCC(O)CO)c2I)Oc2c(C(=O)NCC(O)CO)c(I)c(C(=O)NCC(O)CO)c(I)c21. The van der Waals surface area contributed by atoms with Crippen LogP contribution in [0.3, 0.4) is 0 Å². The van der Waals surface area contributed by atoms with Crippen LogP contribution in [-0.2, 0) is 16.0 Å². The first-order valence-corrected chi connectivity index (χ1v) is 23.4. The molecule has 0 spiro atoms. The molecule has 338 valence electrons. The van der Waals surface area contributed by atoms with Gasteiger partial charge in [0.05, 0.1) is 96.2 Å². The van der Waals surface area contributed by atoms with Gasteiger partial charge >= 0.3 is 0 Å². The molecule has 0 bridgehead atoms. The van der Waals surface area contributed by atoms with Crippen LogP contribution in [0.1, 0.15) is 53.9 Å². The topological polar surface area (TPSA) is 337 Å². The minimum Gasteiger partial charge on any atom is -0.484 e. The van der Waals surface area contributed by atoms with Crippen LogP contribution in [0.5, 0.6) is 5.75 Å². The molecule has 0 aliphatic carbocycles. The third-order valence-electron chi connectivity index (χ3n) is 8.65. The normalized spacial score (nSPS) is 15.4. The second-order valence-corrected chi connectivity index (χ2v) is 18.7. The third-order valence-corrected chi connectivity index (χ3v) is 14.2. The van der Waals surface area contributed by atoms with E-state index in [1.165, 1.54) is 11.8 Å². The molecule has 2 aromatic rings. The van der Waals surface area contributed by atoms with Gasteiger partial charge in [-0.05, 0) is 119 Å². The second-order valence-electron chi connectivity index (χ2n) is 13.3. The Morgan fingerprint density at radius 3 is 1.33 bits per heavy atom. The van der Waals surface area contributed by atoms with E-state index in [1.54, 1.807) is 45.2 Å². The Morgan fingerprint density at radius 1 is 0.590 bits per heavy atom. The van der Waals surface area contributed by atoms with Gasteiger partial charge in [-0.15, -0.1) is 0 Å². The zero-order valence-corrected chi connectivity index (χ0v) is 42.7. The van der Waals surface area contributed by atoms with E-state index in [1.807, 2.05) is 67.8 Å². The van der Waals surface area contributed by atoms with Gasteiger partial charge in [0.15, 0.2) is 5.75 Å². The summed E-state index contributed by atoms with van der Waals surface area (Å²) >= 11 is 9.07. The number of anilines is 1. The Labute approximate surface area is 416 Å². The van der Waals surface area contributed by atoms with E-state index >= 15 is 0 Å². The number of nitrogens with zero attached hydrogens (tertiary/aromatic N) is 1. The lowest BCUT2D eigenvalue weighted by Crippen LogP contribution is -2.49. The Balaban J connectivity index is 2.04. The number of nitrogens with one attached hydrogen (secondary N) is 5. The summed E-state index contributed by atoms with van der Waals surface area (Å²) in [5, 5.41) is 89.2. The van der Waals surface area contributed by atoms with Crippen molar-refractivity contribution < 1.29 is 74.4 Å². The fourth-order valence-electron chi connectivity index (χ4n) is 5.48. The van der Waals surface area contributed by atoms with Gasteiger partial charge in [-0.2, -0.15) is 0 Å². The van der Waals surface area contributed by atoms with Crippen LogP contribution in [0, 0.1) is 17.9 Å². The van der Waals surface area contributed by atoms with Gasteiger partial charge in [-0.25, -0.2) is 0 Å². The van der Waals surface area contributed by atoms with Crippen molar-refractivity contribution in [3.05, 3.63) is 45.7 Å². The van der Waals surface area contributed by atoms with Gasteiger partial charge in [0.1, 0.15) is 11.8 Å². The number of halogens is 5. The van der Waals surface area contributed by atoms with Gasteiger partial charge < -0.3 is 77.1 Å². The number of aliphatic hydroxyl groups is 8. The van der Waals surface area contributed by atoms with Gasteiger partial charge in [0.2, 0.25) is 11.8 Å². The molecule has 0 saturated heterocycles. The number of carbonyl (C=O) groups excluding carboxylic acids is 6. The maximum Gasteiger partial charge on any atom is 0.256 e. The number of fused-ring (bicyclic) bond motifs is 1. The molecule has 0 radical (unpaired) electrons. The van der Waals surface area contributed by atoms with Crippen molar-refractivity contribution in [3.63, 3.8) is 0 Å². The first-order chi connectivity index (χ1) is 28.7. The van der Waals surface area contributed by atoms with Crippen molar-refractivity contribution in [3.8, 4) is 5.75 Å². The third kappa shape index (κ3) is 13.9. The lowest BCUT2D eigenvalue weighted by molar-refractivity contribution is -0.120. The average Bonchev–Trinajstić information content (AvgIpc) is 3.22. The number of aliphatic hydroxyl groups excluding tert-OH is 8. The van der Waals surface area contributed by atoms with E-state index in [0.717, 1.165) is 0 Å². The van der Waals surface area contributed by atoms with Crippen molar-refractivity contribution in [1.29, 1.82) is 0 Å². The predicted octanol–water partition coefficient (Wildman–Crippen LogP) is -2.49. The maximum absolute atomic E-state index is 13.8. The van der Waals surface area contributed by atoms with Crippen molar-refractivity contribution in [1.82, 2.24) is 26.6 Å². The van der Waals surface area contributed by atoms with E-state index in [0.29, 0.717) is 0 Å². The Bertz CT molecular complexity index is 1940. The molecule has 2 aromatic carbocycles. The molecule has 26 heteroatoms. The summed E-state index contributed by atoms with van der Waals surface area (Å²) < 4.78 is 7.30. The summed E-state index contributed by atoms with van der Waals surface area (Å²) in [5.74, 6) is -4.33. The molecule has 6 amide bonds. The van der Waals surface area contributed by atoms with Crippen LogP contribution in [0.2, 0.25) is 0 Å². The second kappa shape index (κ2) is 25.2. The summed E-state index contributed by atoms with van der Waals surface area (Å²) in [6.07, 6.45) is -6.58. The van der Waals surface area contributed by atoms with Crippen LogP contribution >= 0.6 is 113 Å². The van der Waals surface area contributed by atoms with Crippen molar-refractivity contribution in [2.24, 2.45) is 0 Å². The Morgan fingerprint density at radius 2 is 0.951 bits per heavy atom. The predicted molar refractivity (Wildman–Crippen MR) is 257 cm³/mol. The summed E-state index contributed by atoms with van der Waals surface area (Å²) in [5.41, 5.74) is 0.0159. The lowest BCUT2D eigenvalue weighted by atomic mass is 10.0. The molecule has 1 aliphatic rings. The van der Waals surface area contributed by atoms with E-state index in [4.69, 9.17) is 4.74 Å². The number of hydrogen-bond acceptors (Lipinski definition) is 15. The highest BCUT2D eigenvalue weighted by atomic mass is 127. The summed E-state index contributed by atoms with van der Waals surface area (Å²) in [6.45, 7) is -3.17.